The third kappa shape index (κ3) is 2.08. The van der Waals surface area contributed by atoms with E-state index in [4.69, 9.17) is 17.3 Å². The van der Waals surface area contributed by atoms with E-state index in [2.05, 4.69) is 10.2 Å². The molecular formula is C13H12ClN5. The minimum atomic E-state index is 0.579. The van der Waals surface area contributed by atoms with Gasteiger partial charge in [0, 0.05) is 18.7 Å². The van der Waals surface area contributed by atoms with Gasteiger partial charge in [-0.3, -0.25) is 4.68 Å². The Hall–Kier alpha value is -2.27. The summed E-state index contributed by atoms with van der Waals surface area (Å²) in [5.74, 6) is 0.634. The first kappa shape index (κ1) is 11.8. The molecule has 2 N–H and O–H groups in total. The third-order valence-electron chi connectivity index (χ3n) is 2.92. The fraction of sp³-hybridized carbons (Fsp3) is 0.0769. The molecule has 6 heteroatoms. The number of hydrogen-bond acceptors (Lipinski definition) is 3. The van der Waals surface area contributed by atoms with Gasteiger partial charge in [-0.25, -0.2) is 4.68 Å². The second-order valence-corrected chi connectivity index (χ2v) is 4.58. The van der Waals surface area contributed by atoms with Gasteiger partial charge >= 0.3 is 0 Å². The van der Waals surface area contributed by atoms with Crippen molar-refractivity contribution in [3.05, 3.63) is 47.7 Å². The zero-order valence-electron chi connectivity index (χ0n) is 10.3. The van der Waals surface area contributed by atoms with Crippen molar-refractivity contribution in [3.63, 3.8) is 0 Å². The highest BCUT2D eigenvalue weighted by molar-refractivity contribution is 6.29. The van der Waals surface area contributed by atoms with Gasteiger partial charge in [-0.15, -0.1) is 0 Å². The number of anilines is 1. The molecule has 96 valence electrons. The summed E-state index contributed by atoms with van der Waals surface area (Å²) in [5.41, 5.74) is 8.52. The maximum Gasteiger partial charge on any atom is 0.132 e. The number of hydrogen-bond donors (Lipinski definition) is 1. The van der Waals surface area contributed by atoms with Crippen LogP contribution in [0.5, 0.6) is 0 Å². The Kier molecular flexibility index (Phi) is 2.76. The van der Waals surface area contributed by atoms with Crippen LogP contribution in [0, 0.1) is 0 Å². The number of nitrogen functional groups attached to an aromatic ring is 1. The first-order chi connectivity index (χ1) is 9.15. The van der Waals surface area contributed by atoms with E-state index in [1.807, 2.05) is 37.4 Å². The molecule has 0 fully saturated rings. The van der Waals surface area contributed by atoms with Gasteiger partial charge in [-0.05, 0) is 18.2 Å². The van der Waals surface area contributed by atoms with Crippen LogP contribution in [0.1, 0.15) is 0 Å². The topological polar surface area (TPSA) is 61.7 Å². The molecule has 0 atom stereocenters. The lowest BCUT2D eigenvalue weighted by Crippen LogP contribution is -1.97. The van der Waals surface area contributed by atoms with Gasteiger partial charge in [0.05, 0.1) is 17.6 Å². The molecule has 0 saturated heterocycles. The third-order valence-corrected chi connectivity index (χ3v) is 3.21. The highest BCUT2D eigenvalue weighted by Gasteiger charge is 2.06. The van der Waals surface area contributed by atoms with E-state index >= 15 is 0 Å². The fourth-order valence-electron chi connectivity index (χ4n) is 1.87. The molecule has 2 aromatic heterocycles. The molecule has 5 nitrogen and oxygen atoms in total. The summed E-state index contributed by atoms with van der Waals surface area (Å²) in [7, 11) is 1.82. The molecule has 19 heavy (non-hydrogen) atoms. The SMILES string of the molecule is Cn1nc(-c2ccc(-n3nccc3Cl)cc2)cc1N. The first-order valence-electron chi connectivity index (χ1n) is 5.75. The van der Waals surface area contributed by atoms with Gasteiger partial charge in [0.2, 0.25) is 0 Å². The maximum absolute atomic E-state index is 6.02. The Morgan fingerprint density at radius 3 is 2.42 bits per heavy atom. The summed E-state index contributed by atoms with van der Waals surface area (Å²) in [4.78, 5) is 0. The summed E-state index contributed by atoms with van der Waals surface area (Å²) < 4.78 is 3.31. The smallest absolute Gasteiger partial charge is 0.132 e. The van der Waals surface area contributed by atoms with Crippen LogP contribution in [0.3, 0.4) is 0 Å². The van der Waals surface area contributed by atoms with Crippen molar-refractivity contribution < 1.29 is 0 Å². The van der Waals surface area contributed by atoms with Gasteiger partial charge in [0.25, 0.3) is 0 Å². The first-order valence-corrected chi connectivity index (χ1v) is 6.13. The highest BCUT2D eigenvalue weighted by atomic mass is 35.5. The highest BCUT2D eigenvalue weighted by Crippen LogP contribution is 2.22. The van der Waals surface area contributed by atoms with Crippen molar-refractivity contribution in [2.45, 2.75) is 0 Å². The van der Waals surface area contributed by atoms with E-state index in [0.717, 1.165) is 16.9 Å². The lowest BCUT2D eigenvalue weighted by atomic mass is 10.1. The quantitative estimate of drug-likeness (QED) is 0.780. The van der Waals surface area contributed by atoms with Crippen molar-refractivity contribution in [3.8, 4) is 16.9 Å². The molecule has 1 aromatic carbocycles. The molecular weight excluding hydrogens is 262 g/mol. The lowest BCUT2D eigenvalue weighted by molar-refractivity contribution is 0.782. The molecule has 0 bridgehead atoms. The zero-order chi connectivity index (χ0) is 13.4. The Morgan fingerprint density at radius 2 is 1.89 bits per heavy atom. The van der Waals surface area contributed by atoms with Crippen LogP contribution in [0.15, 0.2) is 42.6 Å². The fourth-order valence-corrected chi connectivity index (χ4v) is 2.07. The number of nitrogens with two attached hydrogens (primary N) is 1. The Morgan fingerprint density at radius 1 is 1.16 bits per heavy atom. The normalized spacial score (nSPS) is 10.8. The van der Waals surface area contributed by atoms with Crippen LogP contribution in [0.4, 0.5) is 5.82 Å². The molecule has 2 heterocycles. The molecule has 0 amide bonds. The van der Waals surface area contributed by atoms with Gasteiger partial charge in [0.15, 0.2) is 0 Å². The molecule has 0 spiro atoms. The molecule has 0 aliphatic heterocycles. The molecule has 0 radical (unpaired) electrons. The van der Waals surface area contributed by atoms with Gasteiger partial charge in [0.1, 0.15) is 11.0 Å². The van der Waals surface area contributed by atoms with Crippen molar-refractivity contribution in [2.75, 3.05) is 5.73 Å². The van der Waals surface area contributed by atoms with Crippen LogP contribution in [-0.2, 0) is 7.05 Å². The number of benzene rings is 1. The molecule has 0 aliphatic rings. The second kappa shape index (κ2) is 4.44. The zero-order valence-corrected chi connectivity index (χ0v) is 11.0. The van der Waals surface area contributed by atoms with E-state index < -0.39 is 0 Å². The predicted molar refractivity (Wildman–Crippen MR) is 75.2 cm³/mol. The minimum absolute atomic E-state index is 0.579. The summed E-state index contributed by atoms with van der Waals surface area (Å²) >= 11 is 6.02. The summed E-state index contributed by atoms with van der Waals surface area (Å²) in [6, 6.07) is 11.4. The molecule has 0 aliphatic carbocycles. The maximum atomic E-state index is 6.02. The number of halogens is 1. The summed E-state index contributed by atoms with van der Waals surface area (Å²) in [5, 5.41) is 9.06. The Labute approximate surface area is 115 Å². The summed E-state index contributed by atoms with van der Waals surface area (Å²) in [6.45, 7) is 0. The van der Waals surface area contributed by atoms with Crippen LogP contribution in [-0.4, -0.2) is 19.6 Å². The van der Waals surface area contributed by atoms with Crippen molar-refractivity contribution in [2.24, 2.45) is 7.05 Å². The van der Waals surface area contributed by atoms with Crippen LogP contribution < -0.4 is 5.73 Å². The predicted octanol–water partition coefficient (Wildman–Crippen LogP) is 2.51. The number of aromatic nitrogens is 4. The number of rotatable bonds is 2. The van der Waals surface area contributed by atoms with Crippen LogP contribution in [0.25, 0.3) is 16.9 Å². The van der Waals surface area contributed by atoms with Crippen molar-refractivity contribution in [1.29, 1.82) is 0 Å². The summed E-state index contributed by atoms with van der Waals surface area (Å²) in [6.07, 6.45) is 1.66. The van der Waals surface area contributed by atoms with Gasteiger partial charge in [-0.2, -0.15) is 10.2 Å². The van der Waals surface area contributed by atoms with E-state index in [0.29, 0.717) is 11.0 Å². The molecule has 3 rings (SSSR count). The second-order valence-electron chi connectivity index (χ2n) is 4.19. The van der Waals surface area contributed by atoms with Gasteiger partial charge in [-0.1, -0.05) is 23.7 Å². The molecule has 0 unspecified atom stereocenters. The molecule has 0 saturated carbocycles. The number of nitrogens with zero attached hydrogens (tertiary/aromatic N) is 4. The van der Waals surface area contributed by atoms with E-state index in [9.17, 15) is 0 Å². The van der Waals surface area contributed by atoms with Crippen molar-refractivity contribution in [1.82, 2.24) is 19.6 Å². The minimum Gasteiger partial charge on any atom is -0.384 e. The van der Waals surface area contributed by atoms with Gasteiger partial charge < -0.3 is 5.73 Å². The Bertz CT molecular complexity index is 691. The molecule has 3 aromatic rings. The van der Waals surface area contributed by atoms with E-state index in [-0.39, 0.29) is 0 Å². The Balaban J connectivity index is 1.97. The lowest BCUT2D eigenvalue weighted by Gasteiger charge is -2.03. The van der Waals surface area contributed by atoms with E-state index in [1.54, 1.807) is 21.6 Å². The van der Waals surface area contributed by atoms with E-state index in [1.165, 1.54) is 0 Å². The van der Waals surface area contributed by atoms with Crippen LogP contribution in [0.2, 0.25) is 5.15 Å². The van der Waals surface area contributed by atoms with Crippen LogP contribution >= 0.6 is 11.6 Å². The van der Waals surface area contributed by atoms with Crippen molar-refractivity contribution >= 4 is 17.4 Å². The average molecular weight is 274 g/mol. The number of aryl methyl sites for hydroxylation is 1. The monoisotopic (exact) mass is 273 g/mol. The standard InChI is InChI=1S/C13H12ClN5/c1-18-13(15)8-11(17-18)9-2-4-10(5-3-9)19-12(14)6-7-16-19/h2-8H,15H2,1H3. The average Bonchev–Trinajstić information content (AvgIpc) is 2.97. The largest absolute Gasteiger partial charge is 0.384 e.